The molecule has 0 spiro atoms. The molecule has 1 aliphatic carbocycles. The lowest BCUT2D eigenvalue weighted by Crippen LogP contribution is -2.51. The van der Waals surface area contributed by atoms with Gasteiger partial charge < -0.3 is 0 Å². The molecule has 0 aromatic heterocycles. The molecule has 1 aliphatic heterocycles. The molecule has 1 heterocycles. The number of piperidine rings is 1. The minimum absolute atomic E-state index is 0.0564. The molecule has 1 saturated heterocycles. The van der Waals surface area contributed by atoms with Crippen LogP contribution in [0.2, 0.25) is 10.0 Å². The smallest absolute Gasteiger partial charge is 0.242 e. The highest BCUT2D eigenvalue weighted by atomic mass is 35.5. The third-order valence-corrected chi connectivity index (χ3v) is 8.71. The maximum Gasteiger partial charge on any atom is 0.242 e. The van der Waals surface area contributed by atoms with E-state index in [0.29, 0.717) is 5.92 Å². The van der Waals surface area contributed by atoms with E-state index in [1.165, 1.54) is 5.56 Å². The third-order valence-electron chi connectivity index (χ3n) is 6.47. The summed E-state index contributed by atoms with van der Waals surface area (Å²) in [5.74, 6) is 0.669. The molecule has 4 nitrogen and oxygen atoms in total. The predicted molar refractivity (Wildman–Crippen MR) is 123 cm³/mol. The van der Waals surface area contributed by atoms with Crippen molar-refractivity contribution in [1.82, 2.24) is 9.62 Å². The molecule has 2 fully saturated rings. The number of rotatable bonds is 6. The molecule has 30 heavy (non-hydrogen) atoms. The van der Waals surface area contributed by atoms with Gasteiger partial charge in [-0.05, 0) is 80.9 Å². The molecule has 2 aromatic carbocycles. The minimum atomic E-state index is -3.62. The van der Waals surface area contributed by atoms with Crippen LogP contribution in [0.4, 0.5) is 0 Å². The van der Waals surface area contributed by atoms with E-state index in [-0.39, 0.29) is 22.0 Å². The van der Waals surface area contributed by atoms with Gasteiger partial charge in [0.1, 0.15) is 4.90 Å². The average molecular weight is 467 g/mol. The number of nitrogens with one attached hydrogen (secondary N) is 1. The number of benzene rings is 2. The third kappa shape index (κ3) is 5.20. The second kappa shape index (κ2) is 9.58. The van der Waals surface area contributed by atoms with Crippen LogP contribution < -0.4 is 4.72 Å². The highest BCUT2D eigenvalue weighted by Crippen LogP contribution is 2.31. The number of halogens is 2. The zero-order valence-corrected chi connectivity index (χ0v) is 19.3. The summed E-state index contributed by atoms with van der Waals surface area (Å²) in [6, 6.07) is 15.0. The van der Waals surface area contributed by atoms with E-state index in [0.717, 1.165) is 56.6 Å². The van der Waals surface area contributed by atoms with Gasteiger partial charge in [-0.3, -0.25) is 4.90 Å². The van der Waals surface area contributed by atoms with Gasteiger partial charge in [-0.15, -0.1) is 0 Å². The number of hydrogen-bond donors (Lipinski definition) is 1. The normalized spacial score (nSPS) is 23.7. The lowest BCUT2D eigenvalue weighted by atomic mass is 9.89. The quantitative estimate of drug-likeness (QED) is 0.640. The fourth-order valence-corrected chi connectivity index (χ4v) is 6.83. The van der Waals surface area contributed by atoms with Gasteiger partial charge in [-0.1, -0.05) is 53.9 Å². The summed E-state index contributed by atoms with van der Waals surface area (Å²) < 4.78 is 28.7. The molecule has 0 radical (unpaired) electrons. The molecular formula is C23H28Cl2N2O2S. The first-order valence-electron chi connectivity index (χ1n) is 10.7. The van der Waals surface area contributed by atoms with E-state index in [1.54, 1.807) is 24.3 Å². The van der Waals surface area contributed by atoms with E-state index in [4.69, 9.17) is 23.2 Å². The molecule has 1 N–H and O–H groups in total. The molecule has 7 heteroatoms. The van der Waals surface area contributed by atoms with E-state index < -0.39 is 10.0 Å². The van der Waals surface area contributed by atoms with Crippen LogP contribution >= 0.6 is 23.2 Å². The molecule has 4 rings (SSSR count). The van der Waals surface area contributed by atoms with E-state index in [1.807, 2.05) is 12.1 Å². The van der Waals surface area contributed by atoms with Gasteiger partial charge >= 0.3 is 0 Å². The lowest BCUT2D eigenvalue weighted by molar-refractivity contribution is 0.122. The SMILES string of the molecule is O=S(=O)(N[C@@H]1CCC[C@H]1N1CCC(Cc2ccc(Cl)cc2)CC1)c1ccccc1Cl. The van der Waals surface area contributed by atoms with Crippen molar-refractivity contribution in [2.45, 2.75) is 55.5 Å². The van der Waals surface area contributed by atoms with Crippen LogP contribution in [0.15, 0.2) is 53.4 Å². The molecule has 2 atom stereocenters. The summed E-state index contributed by atoms with van der Waals surface area (Å²) in [6.45, 7) is 2.04. The molecule has 0 amide bonds. The summed E-state index contributed by atoms with van der Waals surface area (Å²) in [7, 11) is -3.62. The van der Waals surface area contributed by atoms with Crippen molar-refractivity contribution in [2.24, 2.45) is 5.92 Å². The Morgan fingerprint density at radius 2 is 1.63 bits per heavy atom. The largest absolute Gasteiger partial charge is 0.299 e. The predicted octanol–water partition coefficient (Wildman–Crippen LogP) is 5.15. The molecule has 1 saturated carbocycles. The summed E-state index contributed by atoms with van der Waals surface area (Å²) in [5.41, 5.74) is 1.34. The molecule has 162 valence electrons. The van der Waals surface area contributed by atoms with Gasteiger partial charge in [0.15, 0.2) is 0 Å². The maximum absolute atomic E-state index is 12.9. The van der Waals surface area contributed by atoms with E-state index >= 15 is 0 Å². The average Bonchev–Trinajstić information content (AvgIpc) is 3.18. The minimum Gasteiger partial charge on any atom is -0.299 e. The Morgan fingerprint density at radius 3 is 2.33 bits per heavy atom. The Morgan fingerprint density at radius 1 is 0.933 bits per heavy atom. The van der Waals surface area contributed by atoms with Crippen LogP contribution in [-0.4, -0.2) is 38.5 Å². The molecule has 0 bridgehead atoms. The highest BCUT2D eigenvalue weighted by Gasteiger charge is 2.36. The Bertz CT molecular complexity index is 957. The van der Waals surface area contributed by atoms with Gasteiger partial charge in [0.05, 0.1) is 5.02 Å². The van der Waals surface area contributed by atoms with Crippen molar-refractivity contribution in [2.75, 3.05) is 13.1 Å². The van der Waals surface area contributed by atoms with Crippen molar-refractivity contribution in [3.8, 4) is 0 Å². The van der Waals surface area contributed by atoms with Crippen LogP contribution in [-0.2, 0) is 16.4 Å². The zero-order valence-electron chi connectivity index (χ0n) is 16.9. The van der Waals surface area contributed by atoms with Crippen molar-refractivity contribution in [1.29, 1.82) is 0 Å². The van der Waals surface area contributed by atoms with Crippen molar-refractivity contribution in [3.05, 3.63) is 64.1 Å². The van der Waals surface area contributed by atoms with Gasteiger partial charge in [-0.2, -0.15) is 0 Å². The van der Waals surface area contributed by atoms with E-state index in [2.05, 4.69) is 21.8 Å². The van der Waals surface area contributed by atoms with Crippen molar-refractivity contribution < 1.29 is 8.42 Å². The number of hydrogen-bond acceptors (Lipinski definition) is 3. The first-order valence-corrected chi connectivity index (χ1v) is 12.9. The number of sulfonamides is 1. The summed E-state index contributed by atoms with van der Waals surface area (Å²) in [6.07, 6.45) is 6.33. The lowest BCUT2D eigenvalue weighted by Gasteiger charge is -2.38. The standard InChI is InChI=1S/C23H28Cl2N2O2S/c24-19-10-8-17(9-11-19)16-18-12-14-27(15-13-18)22-6-3-5-21(22)26-30(28,29)23-7-2-1-4-20(23)25/h1-2,4,7-11,18,21-22,26H,3,5-6,12-16H2/t21-,22-/m1/s1. The van der Waals surface area contributed by atoms with E-state index in [9.17, 15) is 8.42 Å². The fraction of sp³-hybridized carbons (Fsp3) is 0.478. The second-order valence-corrected chi connectivity index (χ2v) is 11.0. The zero-order chi connectivity index (χ0) is 21.1. The Labute approximate surface area is 189 Å². The molecule has 0 unspecified atom stereocenters. The Kier molecular flexibility index (Phi) is 7.05. The van der Waals surface area contributed by atoms with Crippen molar-refractivity contribution >= 4 is 33.2 Å². The van der Waals surface area contributed by atoms with Gasteiger partial charge in [0, 0.05) is 17.1 Å². The van der Waals surface area contributed by atoms with Crippen LogP contribution in [0.3, 0.4) is 0 Å². The second-order valence-electron chi connectivity index (χ2n) is 8.47. The molecule has 2 aromatic rings. The van der Waals surface area contributed by atoms with Crippen molar-refractivity contribution in [3.63, 3.8) is 0 Å². The van der Waals surface area contributed by atoms with Gasteiger partial charge in [-0.25, -0.2) is 13.1 Å². The summed E-state index contributed by atoms with van der Waals surface area (Å²) in [5, 5.41) is 1.04. The van der Waals surface area contributed by atoms with Gasteiger partial charge in [0.2, 0.25) is 10.0 Å². The summed E-state index contributed by atoms with van der Waals surface area (Å²) in [4.78, 5) is 2.66. The molecular weight excluding hydrogens is 439 g/mol. The number of likely N-dealkylation sites (tertiary alicyclic amines) is 1. The molecule has 2 aliphatic rings. The first-order chi connectivity index (χ1) is 14.4. The summed E-state index contributed by atoms with van der Waals surface area (Å²) >= 11 is 12.1. The van der Waals surface area contributed by atoms with Crippen LogP contribution in [0.25, 0.3) is 0 Å². The topological polar surface area (TPSA) is 49.4 Å². The van der Waals surface area contributed by atoms with Crippen LogP contribution in [0, 0.1) is 5.92 Å². The number of nitrogens with zero attached hydrogens (tertiary/aromatic N) is 1. The first kappa shape index (κ1) is 22.1. The Hall–Kier alpha value is -1.11. The monoisotopic (exact) mass is 466 g/mol. The highest BCUT2D eigenvalue weighted by molar-refractivity contribution is 7.89. The van der Waals surface area contributed by atoms with Crippen LogP contribution in [0.5, 0.6) is 0 Å². The maximum atomic E-state index is 12.9. The Balaban J connectivity index is 1.35. The van der Waals surface area contributed by atoms with Crippen LogP contribution in [0.1, 0.15) is 37.7 Å². The van der Waals surface area contributed by atoms with Gasteiger partial charge in [0.25, 0.3) is 0 Å². The fourth-order valence-electron chi connectivity index (χ4n) is 4.88.